The van der Waals surface area contributed by atoms with E-state index in [0.29, 0.717) is 5.69 Å². The fourth-order valence-electron chi connectivity index (χ4n) is 1.22. The molecule has 1 amide bonds. The van der Waals surface area contributed by atoms with Crippen LogP contribution in [0.2, 0.25) is 0 Å². The lowest BCUT2D eigenvalue weighted by atomic mass is 10.2. The number of aryl methyl sites for hydroxylation is 1. The first-order valence-electron chi connectivity index (χ1n) is 5.26. The van der Waals surface area contributed by atoms with E-state index in [1.54, 1.807) is 32.9 Å². The molecular formula is C12H16N2O3. The Morgan fingerprint density at radius 2 is 2.00 bits per heavy atom. The van der Waals surface area contributed by atoms with Crippen LogP contribution in [0.15, 0.2) is 23.4 Å². The van der Waals surface area contributed by atoms with Gasteiger partial charge in [-0.2, -0.15) is 0 Å². The highest BCUT2D eigenvalue weighted by atomic mass is 16.6. The summed E-state index contributed by atoms with van der Waals surface area (Å²) in [6.45, 7) is 7.16. The molecular weight excluding hydrogens is 220 g/mol. The summed E-state index contributed by atoms with van der Waals surface area (Å²) in [5, 5.41) is 5.39. The first-order chi connectivity index (χ1) is 7.81. The maximum absolute atomic E-state index is 11.5. The number of ether oxygens (including phenoxy) is 1. The monoisotopic (exact) mass is 236 g/mol. The van der Waals surface area contributed by atoms with Crippen LogP contribution in [0.4, 0.5) is 16.2 Å². The summed E-state index contributed by atoms with van der Waals surface area (Å²) in [7, 11) is 0. The molecule has 17 heavy (non-hydrogen) atoms. The topological polar surface area (TPSA) is 67.8 Å². The quantitative estimate of drug-likeness (QED) is 0.795. The van der Waals surface area contributed by atoms with Gasteiger partial charge < -0.3 is 4.74 Å². The molecule has 0 aliphatic rings. The van der Waals surface area contributed by atoms with E-state index in [0.717, 1.165) is 5.56 Å². The van der Waals surface area contributed by atoms with Gasteiger partial charge in [-0.15, -0.1) is 4.91 Å². The van der Waals surface area contributed by atoms with Gasteiger partial charge in [-0.05, 0) is 50.6 Å². The van der Waals surface area contributed by atoms with Gasteiger partial charge in [-0.25, -0.2) is 4.79 Å². The van der Waals surface area contributed by atoms with Crippen LogP contribution in [0, 0.1) is 11.8 Å². The van der Waals surface area contributed by atoms with E-state index in [9.17, 15) is 9.70 Å². The molecule has 0 radical (unpaired) electrons. The zero-order chi connectivity index (χ0) is 13.1. The van der Waals surface area contributed by atoms with Gasteiger partial charge in [0.2, 0.25) is 0 Å². The summed E-state index contributed by atoms with van der Waals surface area (Å²) >= 11 is 0. The molecule has 0 aromatic heterocycles. The minimum Gasteiger partial charge on any atom is -0.444 e. The first-order valence-corrected chi connectivity index (χ1v) is 5.26. The molecule has 1 aromatic rings. The van der Waals surface area contributed by atoms with Crippen molar-refractivity contribution in [2.24, 2.45) is 5.18 Å². The van der Waals surface area contributed by atoms with E-state index in [1.807, 2.05) is 6.92 Å². The average molecular weight is 236 g/mol. The highest BCUT2D eigenvalue weighted by Crippen LogP contribution is 2.22. The van der Waals surface area contributed by atoms with Crippen molar-refractivity contribution in [3.63, 3.8) is 0 Å². The van der Waals surface area contributed by atoms with Crippen LogP contribution < -0.4 is 5.32 Å². The third kappa shape index (κ3) is 4.22. The number of nitrogens with one attached hydrogen (secondary N) is 1. The van der Waals surface area contributed by atoms with Gasteiger partial charge in [0, 0.05) is 5.69 Å². The Balaban J connectivity index is 2.81. The predicted octanol–water partition coefficient (Wildman–Crippen LogP) is 3.74. The number of nitrogens with zero attached hydrogens (tertiary/aromatic N) is 1. The molecule has 1 rings (SSSR count). The molecule has 0 fully saturated rings. The van der Waals surface area contributed by atoms with Crippen LogP contribution in [-0.2, 0) is 4.74 Å². The maximum Gasteiger partial charge on any atom is 0.412 e. The van der Waals surface area contributed by atoms with Gasteiger partial charge in [0.05, 0.1) is 0 Å². The number of rotatable bonds is 2. The second kappa shape index (κ2) is 4.95. The molecule has 0 aliphatic carbocycles. The van der Waals surface area contributed by atoms with Crippen molar-refractivity contribution in [3.8, 4) is 0 Å². The lowest BCUT2D eigenvalue weighted by molar-refractivity contribution is 0.0636. The van der Waals surface area contributed by atoms with Crippen LogP contribution in [0.1, 0.15) is 26.3 Å². The van der Waals surface area contributed by atoms with Crippen molar-refractivity contribution in [3.05, 3.63) is 28.7 Å². The summed E-state index contributed by atoms with van der Waals surface area (Å²) in [6.07, 6.45) is -0.552. The summed E-state index contributed by atoms with van der Waals surface area (Å²) in [6, 6.07) is 4.80. The molecule has 5 heteroatoms. The summed E-state index contributed by atoms with van der Waals surface area (Å²) < 4.78 is 5.11. The highest BCUT2D eigenvalue weighted by Gasteiger charge is 2.16. The Kier molecular flexibility index (Phi) is 3.83. The Morgan fingerprint density at radius 3 is 2.53 bits per heavy atom. The Bertz CT molecular complexity index is 436. The fourth-order valence-corrected chi connectivity index (χ4v) is 1.22. The molecule has 0 spiro atoms. The number of hydrogen-bond acceptors (Lipinski definition) is 4. The van der Waals surface area contributed by atoms with Crippen molar-refractivity contribution in [2.75, 3.05) is 5.32 Å². The number of carbonyl (C=O) groups is 1. The molecule has 0 aliphatic heterocycles. The number of anilines is 1. The third-order valence-electron chi connectivity index (χ3n) is 1.96. The van der Waals surface area contributed by atoms with E-state index in [-0.39, 0.29) is 5.69 Å². The van der Waals surface area contributed by atoms with E-state index in [1.165, 1.54) is 6.07 Å². The largest absolute Gasteiger partial charge is 0.444 e. The number of carbonyl (C=O) groups excluding carboxylic acids is 1. The van der Waals surface area contributed by atoms with Crippen LogP contribution in [0.5, 0.6) is 0 Å². The molecule has 0 bridgehead atoms. The zero-order valence-corrected chi connectivity index (χ0v) is 10.4. The van der Waals surface area contributed by atoms with Gasteiger partial charge in [-0.1, -0.05) is 6.07 Å². The summed E-state index contributed by atoms with van der Waals surface area (Å²) in [5.74, 6) is 0. The normalized spacial score (nSPS) is 10.8. The number of benzene rings is 1. The van der Waals surface area contributed by atoms with Crippen LogP contribution >= 0.6 is 0 Å². The Morgan fingerprint density at radius 1 is 1.35 bits per heavy atom. The van der Waals surface area contributed by atoms with Gasteiger partial charge >= 0.3 is 6.09 Å². The standard InChI is InChI=1S/C12H16N2O3/c1-8-5-6-9(14-16)7-10(8)13-11(15)17-12(2,3)4/h5-7H,1-4H3,(H,13,15). The average Bonchev–Trinajstić information content (AvgIpc) is 2.18. The van der Waals surface area contributed by atoms with Crippen molar-refractivity contribution < 1.29 is 9.53 Å². The minimum atomic E-state index is -0.557. The smallest absolute Gasteiger partial charge is 0.412 e. The van der Waals surface area contributed by atoms with E-state index in [2.05, 4.69) is 10.5 Å². The second-order valence-corrected chi connectivity index (χ2v) is 4.72. The van der Waals surface area contributed by atoms with Crippen LogP contribution in [-0.4, -0.2) is 11.7 Å². The van der Waals surface area contributed by atoms with E-state index >= 15 is 0 Å². The SMILES string of the molecule is Cc1ccc(N=O)cc1NC(=O)OC(C)(C)C. The molecule has 0 unspecified atom stereocenters. The minimum absolute atomic E-state index is 0.265. The first kappa shape index (κ1) is 13.2. The lowest BCUT2D eigenvalue weighted by Gasteiger charge is -2.20. The summed E-state index contributed by atoms with van der Waals surface area (Å²) in [5.41, 5.74) is 1.07. The molecule has 0 heterocycles. The lowest BCUT2D eigenvalue weighted by Crippen LogP contribution is -2.27. The van der Waals surface area contributed by atoms with Crippen LogP contribution in [0.3, 0.4) is 0 Å². The highest BCUT2D eigenvalue weighted by molar-refractivity contribution is 5.86. The van der Waals surface area contributed by atoms with Gasteiger partial charge in [0.25, 0.3) is 0 Å². The Labute approximate surface area is 100 Å². The molecule has 0 saturated heterocycles. The van der Waals surface area contributed by atoms with Gasteiger partial charge in [0.1, 0.15) is 11.3 Å². The van der Waals surface area contributed by atoms with Gasteiger partial charge in [-0.3, -0.25) is 5.32 Å². The third-order valence-corrected chi connectivity index (χ3v) is 1.96. The molecule has 1 aromatic carbocycles. The fraction of sp³-hybridized carbons (Fsp3) is 0.417. The number of hydrogen-bond donors (Lipinski definition) is 1. The van der Waals surface area contributed by atoms with Crippen LogP contribution in [0.25, 0.3) is 0 Å². The van der Waals surface area contributed by atoms with Crippen molar-refractivity contribution in [1.82, 2.24) is 0 Å². The Hall–Kier alpha value is -1.91. The summed E-state index contributed by atoms with van der Waals surface area (Å²) in [4.78, 5) is 21.9. The number of amides is 1. The van der Waals surface area contributed by atoms with Crippen molar-refractivity contribution in [2.45, 2.75) is 33.3 Å². The molecule has 1 N–H and O–H groups in total. The molecule has 92 valence electrons. The predicted molar refractivity (Wildman–Crippen MR) is 66.5 cm³/mol. The van der Waals surface area contributed by atoms with Crippen molar-refractivity contribution >= 4 is 17.5 Å². The molecule has 5 nitrogen and oxygen atoms in total. The number of nitroso groups, excluding NO2 is 1. The molecule has 0 atom stereocenters. The van der Waals surface area contributed by atoms with Gasteiger partial charge in [0.15, 0.2) is 0 Å². The van der Waals surface area contributed by atoms with E-state index in [4.69, 9.17) is 4.74 Å². The second-order valence-electron chi connectivity index (χ2n) is 4.72. The maximum atomic E-state index is 11.5. The van der Waals surface area contributed by atoms with Crippen molar-refractivity contribution in [1.29, 1.82) is 0 Å². The van der Waals surface area contributed by atoms with E-state index < -0.39 is 11.7 Å². The zero-order valence-electron chi connectivity index (χ0n) is 10.4. The molecule has 0 saturated carbocycles.